The molecule has 2 aromatic heterocycles. The Morgan fingerprint density at radius 3 is 1.19 bits per heavy atom. The Morgan fingerprint density at radius 1 is 0.654 bits per heavy atom. The van der Waals surface area contributed by atoms with E-state index in [4.69, 9.17) is 10.2 Å². The number of nitrogens with zero attached hydrogens (tertiary/aromatic N) is 2. The highest BCUT2D eigenvalue weighted by Crippen LogP contribution is 2.10. The first-order chi connectivity index (χ1) is 12.6. The van der Waals surface area contributed by atoms with Crippen LogP contribution in [0.4, 0.5) is 0 Å². The lowest BCUT2D eigenvalue weighted by Crippen LogP contribution is -1.94. The molecule has 0 aliphatic carbocycles. The Kier molecular flexibility index (Phi) is 16.8. The monoisotopic (exact) mass is 366 g/mol. The first kappa shape index (κ1) is 23.4. The minimum atomic E-state index is -0.714. The number of hydrogen-bond donors (Lipinski definition) is 4. The molecule has 0 aliphatic rings. The van der Waals surface area contributed by atoms with Crippen molar-refractivity contribution in [3.63, 3.8) is 0 Å². The van der Waals surface area contributed by atoms with E-state index in [-0.39, 0.29) is 12.8 Å². The van der Waals surface area contributed by atoms with Crippen LogP contribution in [-0.4, -0.2) is 42.1 Å². The Bertz CT molecular complexity index is 433. The van der Waals surface area contributed by atoms with Crippen molar-refractivity contribution in [3.05, 3.63) is 37.4 Å². The second kappa shape index (κ2) is 18.7. The van der Waals surface area contributed by atoms with Gasteiger partial charge in [-0.3, -0.25) is 9.59 Å². The summed E-state index contributed by atoms with van der Waals surface area (Å²) in [5, 5.41) is 16.8. The number of carboxylic acid groups (broad SMARTS) is 2. The standard InChI is InChI=1S/C12H22O4.2C3H4N2/c13-11(14)9-7-5-3-1-2-4-6-8-10-12(15)16;2*1-2-5-3-4-1/h1-10H2,(H,13,14)(H,15,16);2*1-3H,(H,4,5). The molecular formula is C18H30N4O4. The second-order valence-electron chi connectivity index (χ2n) is 5.64. The van der Waals surface area contributed by atoms with E-state index in [2.05, 4.69) is 19.9 Å². The normalized spacial score (nSPS) is 9.38. The van der Waals surface area contributed by atoms with E-state index in [1.807, 2.05) is 0 Å². The number of rotatable bonds is 11. The molecule has 0 radical (unpaired) electrons. The Labute approximate surface area is 154 Å². The number of aromatic nitrogens is 4. The largest absolute Gasteiger partial charge is 0.481 e. The third-order valence-corrected chi connectivity index (χ3v) is 3.34. The second-order valence-corrected chi connectivity index (χ2v) is 5.64. The number of imidazole rings is 2. The van der Waals surface area contributed by atoms with Gasteiger partial charge < -0.3 is 20.2 Å². The molecule has 0 atom stereocenters. The minimum Gasteiger partial charge on any atom is -0.481 e. The van der Waals surface area contributed by atoms with Crippen molar-refractivity contribution < 1.29 is 19.8 Å². The van der Waals surface area contributed by atoms with E-state index in [0.717, 1.165) is 51.4 Å². The zero-order chi connectivity index (χ0) is 19.3. The molecule has 0 fully saturated rings. The van der Waals surface area contributed by atoms with Crippen LogP contribution in [0, 0.1) is 0 Å². The summed E-state index contributed by atoms with van der Waals surface area (Å²) in [6.45, 7) is 0. The number of carbonyl (C=O) groups is 2. The maximum Gasteiger partial charge on any atom is 0.303 e. The van der Waals surface area contributed by atoms with Gasteiger partial charge in [-0.05, 0) is 12.8 Å². The Morgan fingerprint density at radius 2 is 1.00 bits per heavy atom. The summed E-state index contributed by atoms with van der Waals surface area (Å²) in [6, 6.07) is 0. The lowest BCUT2D eigenvalue weighted by molar-refractivity contribution is -0.138. The number of H-pyrrole nitrogens is 2. The number of unbranched alkanes of at least 4 members (excludes halogenated alkanes) is 7. The fourth-order valence-electron chi connectivity index (χ4n) is 2.04. The summed E-state index contributed by atoms with van der Waals surface area (Å²) in [5.74, 6) is -1.43. The van der Waals surface area contributed by atoms with Crippen molar-refractivity contribution in [1.82, 2.24) is 19.9 Å². The van der Waals surface area contributed by atoms with E-state index in [9.17, 15) is 9.59 Å². The summed E-state index contributed by atoms with van der Waals surface area (Å²) in [5.41, 5.74) is 0. The molecule has 146 valence electrons. The zero-order valence-electron chi connectivity index (χ0n) is 15.1. The number of hydrogen-bond acceptors (Lipinski definition) is 4. The van der Waals surface area contributed by atoms with E-state index >= 15 is 0 Å². The summed E-state index contributed by atoms with van der Waals surface area (Å²) in [6.07, 6.45) is 18.7. The predicted molar refractivity (Wildman–Crippen MR) is 98.6 cm³/mol. The van der Waals surface area contributed by atoms with Crippen molar-refractivity contribution in [2.24, 2.45) is 0 Å². The smallest absolute Gasteiger partial charge is 0.303 e. The molecule has 0 saturated carbocycles. The van der Waals surface area contributed by atoms with Gasteiger partial charge in [-0.1, -0.05) is 38.5 Å². The predicted octanol–water partition coefficient (Wildman–Crippen LogP) is 3.88. The van der Waals surface area contributed by atoms with Crippen LogP contribution in [0.1, 0.15) is 64.2 Å². The highest BCUT2D eigenvalue weighted by atomic mass is 16.4. The molecule has 4 N–H and O–H groups in total. The van der Waals surface area contributed by atoms with Gasteiger partial charge in [-0.2, -0.15) is 0 Å². The molecule has 2 rings (SSSR count). The molecule has 0 bridgehead atoms. The van der Waals surface area contributed by atoms with Gasteiger partial charge in [0, 0.05) is 37.6 Å². The lowest BCUT2D eigenvalue weighted by Gasteiger charge is -2.00. The number of carboxylic acids is 2. The van der Waals surface area contributed by atoms with Gasteiger partial charge >= 0.3 is 11.9 Å². The van der Waals surface area contributed by atoms with Gasteiger partial charge in [-0.25, -0.2) is 9.97 Å². The SMILES string of the molecule is O=C(O)CCCCCCCCCCC(=O)O.c1c[nH]cn1.c1c[nH]cn1. The first-order valence-electron chi connectivity index (χ1n) is 8.92. The molecule has 0 saturated heterocycles. The topological polar surface area (TPSA) is 132 Å². The summed E-state index contributed by atoms with van der Waals surface area (Å²) < 4.78 is 0. The molecule has 0 spiro atoms. The van der Waals surface area contributed by atoms with Crippen LogP contribution in [0.5, 0.6) is 0 Å². The van der Waals surface area contributed by atoms with Gasteiger partial charge in [0.25, 0.3) is 0 Å². The molecule has 0 aromatic carbocycles. The van der Waals surface area contributed by atoms with Gasteiger partial charge in [0.05, 0.1) is 12.7 Å². The molecule has 0 amide bonds. The van der Waals surface area contributed by atoms with E-state index in [1.165, 1.54) is 0 Å². The van der Waals surface area contributed by atoms with Crippen molar-refractivity contribution in [2.75, 3.05) is 0 Å². The van der Waals surface area contributed by atoms with Gasteiger partial charge in [-0.15, -0.1) is 0 Å². The van der Waals surface area contributed by atoms with Gasteiger partial charge in [0.1, 0.15) is 0 Å². The summed E-state index contributed by atoms with van der Waals surface area (Å²) in [7, 11) is 0. The van der Waals surface area contributed by atoms with Crippen LogP contribution in [0.15, 0.2) is 37.4 Å². The maximum atomic E-state index is 10.2. The third kappa shape index (κ3) is 21.4. The van der Waals surface area contributed by atoms with Crippen molar-refractivity contribution in [1.29, 1.82) is 0 Å². The van der Waals surface area contributed by atoms with Crippen LogP contribution in [0.2, 0.25) is 0 Å². The lowest BCUT2D eigenvalue weighted by atomic mass is 10.1. The quantitative estimate of drug-likeness (QED) is 0.446. The summed E-state index contributed by atoms with van der Waals surface area (Å²) in [4.78, 5) is 33.3. The average molecular weight is 366 g/mol. The van der Waals surface area contributed by atoms with Gasteiger partial charge in [0.2, 0.25) is 0 Å². The molecule has 26 heavy (non-hydrogen) atoms. The van der Waals surface area contributed by atoms with E-state index in [1.54, 1.807) is 37.4 Å². The molecular weight excluding hydrogens is 336 g/mol. The van der Waals surface area contributed by atoms with Crippen LogP contribution in [-0.2, 0) is 9.59 Å². The van der Waals surface area contributed by atoms with E-state index < -0.39 is 11.9 Å². The van der Waals surface area contributed by atoms with Crippen molar-refractivity contribution in [3.8, 4) is 0 Å². The number of aliphatic carboxylic acids is 2. The van der Waals surface area contributed by atoms with Gasteiger partial charge in [0.15, 0.2) is 0 Å². The van der Waals surface area contributed by atoms with Crippen LogP contribution in [0.25, 0.3) is 0 Å². The highest BCUT2D eigenvalue weighted by Gasteiger charge is 1.98. The fourth-order valence-corrected chi connectivity index (χ4v) is 2.04. The molecule has 8 nitrogen and oxygen atoms in total. The zero-order valence-corrected chi connectivity index (χ0v) is 15.1. The molecule has 8 heteroatoms. The number of nitrogens with one attached hydrogen (secondary N) is 2. The molecule has 2 aromatic rings. The average Bonchev–Trinajstić information content (AvgIpc) is 3.34. The van der Waals surface area contributed by atoms with Crippen LogP contribution in [0.3, 0.4) is 0 Å². The fraction of sp³-hybridized carbons (Fsp3) is 0.556. The van der Waals surface area contributed by atoms with Crippen LogP contribution >= 0.6 is 0 Å². The Balaban J connectivity index is 0.000000494. The third-order valence-electron chi connectivity index (χ3n) is 3.34. The molecule has 0 unspecified atom stereocenters. The summed E-state index contributed by atoms with van der Waals surface area (Å²) >= 11 is 0. The molecule has 2 heterocycles. The molecule has 0 aliphatic heterocycles. The maximum absolute atomic E-state index is 10.2. The van der Waals surface area contributed by atoms with Crippen molar-refractivity contribution in [2.45, 2.75) is 64.2 Å². The van der Waals surface area contributed by atoms with Crippen molar-refractivity contribution >= 4 is 11.9 Å². The van der Waals surface area contributed by atoms with E-state index in [0.29, 0.717) is 0 Å². The first-order valence-corrected chi connectivity index (χ1v) is 8.92. The number of aromatic amines is 2. The minimum absolute atomic E-state index is 0.276. The Hall–Kier alpha value is -2.64. The van der Waals surface area contributed by atoms with Crippen LogP contribution < -0.4 is 0 Å². The highest BCUT2D eigenvalue weighted by molar-refractivity contribution is 5.66.